The van der Waals surface area contributed by atoms with Crippen molar-refractivity contribution in [2.75, 3.05) is 10.6 Å². The minimum absolute atomic E-state index is 0.194. The number of hydrogen-bond donors (Lipinski definition) is 2. The van der Waals surface area contributed by atoms with Gasteiger partial charge in [-0.2, -0.15) is 0 Å². The third kappa shape index (κ3) is 3.97. The van der Waals surface area contributed by atoms with Crippen LogP contribution in [0.15, 0.2) is 34.7 Å². The van der Waals surface area contributed by atoms with Crippen molar-refractivity contribution < 1.29 is 9.00 Å². The quantitative estimate of drug-likeness (QED) is 0.871. The summed E-state index contributed by atoms with van der Waals surface area (Å²) >= 11 is 1.35. The Morgan fingerprint density at radius 3 is 2.78 bits per heavy atom. The summed E-state index contributed by atoms with van der Waals surface area (Å²) in [5.41, 5.74) is 1.65. The van der Waals surface area contributed by atoms with Gasteiger partial charge in [-0.15, -0.1) is 11.3 Å². The minimum atomic E-state index is -1.09. The number of benzene rings is 1. The molecular weight excluding hydrogens is 330 g/mol. The van der Waals surface area contributed by atoms with Crippen molar-refractivity contribution in [2.45, 2.75) is 42.8 Å². The molecule has 122 valence electrons. The normalized spacial score (nSPS) is 16.2. The first-order valence-corrected chi connectivity index (χ1v) is 9.71. The lowest BCUT2D eigenvalue weighted by Crippen LogP contribution is -2.21. The van der Waals surface area contributed by atoms with Gasteiger partial charge in [-0.05, 0) is 37.5 Å². The van der Waals surface area contributed by atoms with E-state index < -0.39 is 10.8 Å². The second-order valence-electron chi connectivity index (χ2n) is 5.62. The maximum absolute atomic E-state index is 12.8. The Kier molecular flexibility index (Phi) is 5.07. The Labute approximate surface area is 142 Å². The van der Waals surface area contributed by atoms with E-state index in [1.165, 1.54) is 11.3 Å². The molecule has 1 heterocycles. The molecule has 1 aliphatic carbocycles. The molecule has 0 spiro atoms. The second kappa shape index (κ2) is 7.23. The molecule has 0 saturated heterocycles. The van der Waals surface area contributed by atoms with Gasteiger partial charge in [0.1, 0.15) is 0 Å². The molecule has 1 aromatic carbocycles. The highest BCUT2D eigenvalue weighted by atomic mass is 32.2. The van der Waals surface area contributed by atoms with Gasteiger partial charge in [-0.25, -0.2) is 9.78 Å². The number of aryl methyl sites for hydroxylation is 1. The van der Waals surface area contributed by atoms with Gasteiger partial charge >= 0.3 is 6.03 Å². The van der Waals surface area contributed by atoms with Crippen LogP contribution in [0.1, 0.15) is 31.2 Å². The zero-order valence-corrected chi connectivity index (χ0v) is 14.5. The van der Waals surface area contributed by atoms with E-state index in [1.807, 2.05) is 25.1 Å². The molecule has 1 unspecified atom stereocenters. The molecule has 1 aromatic heterocycles. The smallest absolute Gasteiger partial charge is 0.306 e. The average Bonchev–Trinajstić information content (AvgIpc) is 3.21. The summed E-state index contributed by atoms with van der Waals surface area (Å²) in [4.78, 5) is 16.8. The maximum atomic E-state index is 12.8. The van der Waals surface area contributed by atoms with Crippen LogP contribution in [0.5, 0.6) is 0 Å². The van der Waals surface area contributed by atoms with Crippen LogP contribution in [0.25, 0.3) is 0 Å². The predicted octanol–water partition coefficient (Wildman–Crippen LogP) is 4.15. The molecule has 2 N–H and O–H groups in total. The predicted molar refractivity (Wildman–Crippen MR) is 94.6 cm³/mol. The zero-order chi connectivity index (χ0) is 16.2. The summed E-state index contributed by atoms with van der Waals surface area (Å²) in [6, 6.07) is 5.27. The highest BCUT2D eigenvalue weighted by Crippen LogP contribution is 2.31. The van der Waals surface area contributed by atoms with Crippen LogP contribution in [0.2, 0.25) is 0 Å². The zero-order valence-electron chi connectivity index (χ0n) is 12.9. The van der Waals surface area contributed by atoms with Gasteiger partial charge in [-0.1, -0.05) is 18.9 Å². The Hall–Kier alpha value is -1.73. The van der Waals surface area contributed by atoms with Crippen LogP contribution in [0, 0.1) is 6.92 Å². The van der Waals surface area contributed by atoms with Crippen molar-refractivity contribution in [1.29, 1.82) is 0 Å². The molecule has 0 bridgehead atoms. The van der Waals surface area contributed by atoms with Crippen LogP contribution in [0.3, 0.4) is 0 Å². The highest BCUT2D eigenvalue weighted by molar-refractivity contribution is 7.85. The molecule has 5 nitrogen and oxygen atoms in total. The summed E-state index contributed by atoms with van der Waals surface area (Å²) in [7, 11) is -1.09. The van der Waals surface area contributed by atoms with Gasteiger partial charge in [0.05, 0.1) is 21.4 Å². The lowest BCUT2D eigenvalue weighted by molar-refractivity contribution is 0.262. The van der Waals surface area contributed by atoms with Crippen molar-refractivity contribution >= 4 is 39.0 Å². The fourth-order valence-corrected chi connectivity index (χ4v) is 5.00. The molecule has 2 amide bonds. The number of amides is 2. The summed E-state index contributed by atoms with van der Waals surface area (Å²) in [5, 5.41) is 8.01. The fraction of sp³-hybridized carbons (Fsp3) is 0.375. The average molecular weight is 349 g/mol. The van der Waals surface area contributed by atoms with E-state index in [-0.39, 0.29) is 11.3 Å². The molecule has 3 rings (SSSR count). The fourth-order valence-electron chi connectivity index (χ4n) is 2.72. The van der Waals surface area contributed by atoms with Crippen LogP contribution in [0.4, 0.5) is 15.6 Å². The van der Waals surface area contributed by atoms with Crippen molar-refractivity contribution in [3.63, 3.8) is 0 Å². The third-order valence-corrected chi connectivity index (χ3v) is 6.40. The Balaban J connectivity index is 1.78. The molecule has 1 saturated carbocycles. The van der Waals surface area contributed by atoms with Gasteiger partial charge in [0, 0.05) is 16.8 Å². The summed E-state index contributed by atoms with van der Waals surface area (Å²) in [6.45, 7) is 1.97. The Bertz CT molecular complexity index is 710. The van der Waals surface area contributed by atoms with Crippen LogP contribution in [-0.4, -0.2) is 20.5 Å². The molecule has 7 heteroatoms. The molecule has 1 fully saturated rings. The van der Waals surface area contributed by atoms with Crippen molar-refractivity contribution in [3.05, 3.63) is 35.3 Å². The number of carbonyl (C=O) groups excluding carboxylic acids is 1. The molecular formula is C16H19N3O2S2. The largest absolute Gasteiger partial charge is 0.325 e. The lowest BCUT2D eigenvalue weighted by Gasteiger charge is -2.15. The van der Waals surface area contributed by atoms with Gasteiger partial charge in [0.2, 0.25) is 0 Å². The number of thiazole rings is 1. The molecule has 2 aromatic rings. The molecule has 1 aliphatic rings. The number of urea groups is 1. The number of carbonyl (C=O) groups is 1. The van der Waals surface area contributed by atoms with E-state index in [9.17, 15) is 9.00 Å². The first kappa shape index (κ1) is 16.1. The van der Waals surface area contributed by atoms with E-state index >= 15 is 0 Å². The summed E-state index contributed by atoms with van der Waals surface area (Å²) in [5.74, 6) is 0. The monoisotopic (exact) mass is 349 g/mol. The first-order chi connectivity index (χ1) is 11.1. The number of hydrogen-bond acceptors (Lipinski definition) is 4. The van der Waals surface area contributed by atoms with Gasteiger partial charge < -0.3 is 5.32 Å². The molecule has 0 aliphatic heterocycles. The number of anilines is 2. The number of nitrogens with one attached hydrogen (secondary N) is 2. The van der Waals surface area contributed by atoms with E-state index in [0.717, 1.165) is 31.2 Å². The second-order valence-corrected chi connectivity index (χ2v) is 8.22. The number of aromatic nitrogens is 1. The van der Waals surface area contributed by atoms with Crippen molar-refractivity contribution in [2.24, 2.45) is 0 Å². The molecule has 1 atom stereocenters. The van der Waals surface area contributed by atoms with E-state index in [1.54, 1.807) is 11.6 Å². The highest BCUT2D eigenvalue weighted by Gasteiger charge is 2.25. The standard InChI is InChI=1S/C16H19N3O2S2/c1-11-6-7-13(18-15(20)19-16-17-8-9-22-16)14(10-11)23(21)12-4-2-3-5-12/h6-10,12H,2-5H2,1H3,(H2,17,18,19,20). The number of rotatable bonds is 4. The topological polar surface area (TPSA) is 71.1 Å². The van der Waals surface area contributed by atoms with Crippen LogP contribution < -0.4 is 10.6 Å². The first-order valence-electron chi connectivity index (χ1n) is 7.62. The third-order valence-electron chi connectivity index (χ3n) is 3.86. The molecule has 0 radical (unpaired) electrons. The van der Waals surface area contributed by atoms with E-state index in [2.05, 4.69) is 15.6 Å². The van der Waals surface area contributed by atoms with Crippen LogP contribution in [-0.2, 0) is 10.8 Å². The minimum Gasteiger partial charge on any atom is -0.306 e. The van der Waals surface area contributed by atoms with Crippen LogP contribution >= 0.6 is 11.3 Å². The van der Waals surface area contributed by atoms with Gasteiger partial charge in [-0.3, -0.25) is 9.53 Å². The summed E-state index contributed by atoms with van der Waals surface area (Å²) in [6.07, 6.45) is 5.88. The Morgan fingerprint density at radius 1 is 1.30 bits per heavy atom. The lowest BCUT2D eigenvalue weighted by atomic mass is 10.2. The summed E-state index contributed by atoms with van der Waals surface area (Å²) < 4.78 is 12.8. The van der Waals surface area contributed by atoms with Crippen molar-refractivity contribution in [1.82, 2.24) is 4.98 Å². The van der Waals surface area contributed by atoms with Crippen molar-refractivity contribution in [3.8, 4) is 0 Å². The van der Waals surface area contributed by atoms with E-state index in [0.29, 0.717) is 15.7 Å². The van der Waals surface area contributed by atoms with E-state index in [4.69, 9.17) is 0 Å². The molecule has 23 heavy (non-hydrogen) atoms. The maximum Gasteiger partial charge on any atom is 0.325 e. The SMILES string of the molecule is Cc1ccc(NC(=O)Nc2nccs2)c(S(=O)C2CCCC2)c1. The Morgan fingerprint density at radius 2 is 2.09 bits per heavy atom. The van der Waals surface area contributed by atoms with Gasteiger partial charge in [0.15, 0.2) is 5.13 Å². The van der Waals surface area contributed by atoms with Gasteiger partial charge in [0.25, 0.3) is 0 Å². The number of nitrogens with zero attached hydrogens (tertiary/aromatic N) is 1.